The Labute approximate surface area is 198 Å². The Balaban J connectivity index is 1.36. The molecular formula is C23H25N5O3S2. The van der Waals surface area contributed by atoms with E-state index < -0.39 is 0 Å². The van der Waals surface area contributed by atoms with Crippen LogP contribution in [0.1, 0.15) is 43.0 Å². The Kier molecular flexibility index (Phi) is 6.11. The van der Waals surface area contributed by atoms with Crippen LogP contribution in [0.4, 0.5) is 0 Å². The van der Waals surface area contributed by atoms with E-state index in [1.807, 2.05) is 24.4 Å². The molecule has 8 nitrogen and oxygen atoms in total. The normalized spacial score (nSPS) is 15.6. The molecule has 4 aromatic rings. The van der Waals surface area contributed by atoms with Gasteiger partial charge in [-0.05, 0) is 48.6 Å². The fourth-order valence-corrected chi connectivity index (χ4v) is 6.25. The van der Waals surface area contributed by atoms with Crippen molar-refractivity contribution in [2.45, 2.75) is 52.6 Å². The van der Waals surface area contributed by atoms with E-state index in [1.54, 1.807) is 16.2 Å². The third kappa shape index (κ3) is 4.37. The number of aromatic nitrogens is 4. The summed E-state index contributed by atoms with van der Waals surface area (Å²) in [6, 6.07) is 3.83. The molecule has 5 rings (SSSR count). The number of rotatable bonds is 7. The Hall–Kier alpha value is -2.85. The van der Waals surface area contributed by atoms with E-state index in [0.717, 1.165) is 41.0 Å². The molecule has 10 heteroatoms. The molecule has 1 atom stereocenters. The maximum absolute atomic E-state index is 13.3. The van der Waals surface area contributed by atoms with Crippen molar-refractivity contribution in [3.05, 3.63) is 50.5 Å². The standard InChI is InChI=1S/C23H25N5O3S2/c1-3-8-27(11-18-25-26-21(31-18)16-5-4-9-32-16)19(29)12-28-13-24-22-20(23(28)30)15-7-6-14(2)10-17(15)33-22/h4-5,9,13-14H,3,6-8,10-12H2,1-2H3. The van der Waals surface area contributed by atoms with Gasteiger partial charge in [0.2, 0.25) is 11.8 Å². The maximum atomic E-state index is 13.3. The van der Waals surface area contributed by atoms with Gasteiger partial charge < -0.3 is 9.32 Å². The predicted molar refractivity (Wildman–Crippen MR) is 128 cm³/mol. The number of hydrogen-bond donors (Lipinski definition) is 0. The van der Waals surface area contributed by atoms with Gasteiger partial charge in [0.05, 0.1) is 23.1 Å². The predicted octanol–water partition coefficient (Wildman–Crippen LogP) is 4.13. The summed E-state index contributed by atoms with van der Waals surface area (Å²) in [4.78, 5) is 35.5. The first-order valence-electron chi connectivity index (χ1n) is 11.2. The van der Waals surface area contributed by atoms with Crippen molar-refractivity contribution in [2.75, 3.05) is 6.54 Å². The van der Waals surface area contributed by atoms with Gasteiger partial charge in [-0.2, -0.15) is 0 Å². The van der Waals surface area contributed by atoms with Gasteiger partial charge in [0.1, 0.15) is 11.4 Å². The average Bonchev–Trinajstić information content (AvgIpc) is 3.54. The second-order valence-corrected chi connectivity index (χ2v) is 10.5. The van der Waals surface area contributed by atoms with E-state index in [9.17, 15) is 9.59 Å². The summed E-state index contributed by atoms with van der Waals surface area (Å²) in [6.07, 6.45) is 5.25. The quantitative estimate of drug-likeness (QED) is 0.392. The molecule has 33 heavy (non-hydrogen) atoms. The minimum Gasteiger partial charge on any atom is -0.418 e. The summed E-state index contributed by atoms with van der Waals surface area (Å²) in [5.74, 6) is 1.28. The fraction of sp³-hybridized carbons (Fsp3) is 0.435. The minimum absolute atomic E-state index is 0.0608. The van der Waals surface area contributed by atoms with E-state index in [2.05, 4.69) is 22.1 Å². The first kappa shape index (κ1) is 22.0. The molecule has 1 aliphatic rings. The van der Waals surface area contributed by atoms with Gasteiger partial charge in [-0.3, -0.25) is 14.2 Å². The highest BCUT2D eigenvalue weighted by Crippen LogP contribution is 2.35. The molecule has 0 fully saturated rings. The lowest BCUT2D eigenvalue weighted by molar-refractivity contribution is -0.132. The molecule has 1 aliphatic carbocycles. The van der Waals surface area contributed by atoms with Crippen LogP contribution < -0.4 is 5.56 Å². The molecular weight excluding hydrogens is 458 g/mol. The SMILES string of the molecule is CCCN(Cc1nnc(-c2cccs2)o1)C(=O)Cn1cnc2sc3c(c2c1=O)CCC(C)C3. The molecule has 0 aromatic carbocycles. The number of fused-ring (bicyclic) bond motifs is 3. The molecule has 1 amide bonds. The summed E-state index contributed by atoms with van der Waals surface area (Å²) < 4.78 is 7.20. The van der Waals surface area contributed by atoms with E-state index in [4.69, 9.17) is 4.42 Å². The summed E-state index contributed by atoms with van der Waals surface area (Å²) in [7, 11) is 0. The summed E-state index contributed by atoms with van der Waals surface area (Å²) in [5.41, 5.74) is 0.999. The van der Waals surface area contributed by atoms with Crippen molar-refractivity contribution in [3.8, 4) is 10.8 Å². The number of amides is 1. The number of nitrogens with zero attached hydrogens (tertiary/aromatic N) is 5. The summed E-state index contributed by atoms with van der Waals surface area (Å²) in [5, 5.41) is 10.8. The van der Waals surface area contributed by atoms with Crippen molar-refractivity contribution in [2.24, 2.45) is 5.92 Å². The number of carbonyl (C=O) groups is 1. The molecule has 4 aromatic heterocycles. The molecule has 4 heterocycles. The van der Waals surface area contributed by atoms with Crippen molar-refractivity contribution in [3.63, 3.8) is 0 Å². The van der Waals surface area contributed by atoms with E-state index in [0.29, 0.717) is 29.6 Å². The Morgan fingerprint density at radius 3 is 3.03 bits per heavy atom. The number of thiophene rings is 2. The average molecular weight is 484 g/mol. The lowest BCUT2D eigenvalue weighted by Crippen LogP contribution is -2.37. The highest BCUT2D eigenvalue weighted by Gasteiger charge is 2.24. The molecule has 0 aliphatic heterocycles. The Morgan fingerprint density at radius 1 is 1.36 bits per heavy atom. The van der Waals surface area contributed by atoms with Crippen molar-refractivity contribution in [1.82, 2.24) is 24.6 Å². The zero-order chi connectivity index (χ0) is 22.9. The Morgan fingerprint density at radius 2 is 2.24 bits per heavy atom. The third-order valence-electron chi connectivity index (χ3n) is 5.96. The van der Waals surface area contributed by atoms with Crippen LogP contribution in [0.5, 0.6) is 0 Å². The lowest BCUT2D eigenvalue weighted by Gasteiger charge is -2.21. The van der Waals surface area contributed by atoms with E-state index in [-0.39, 0.29) is 24.6 Å². The first-order valence-corrected chi connectivity index (χ1v) is 12.9. The van der Waals surface area contributed by atoms with Crippen LogP contribution in [0.3, 0.4) is 0 Å². The Bertz CT molecular complexity index is 1340. The van der Waals surface area contributed by atoms with Crippen molar-refractivity contribution < 1.29 is 9.21 Å². The maximum Gasteiger partial charge on any atom is 0.262 e. The second kappa shape index (κ2) is 9.18. The number of hydrogen-bond acceptors (Lipinski definition) is 8. The van der Waals surface area contributed by atoms with Gasteiger partial charge in [0, 0.05) is 11.4 Å². The highest BCUT2D eigenvalue weighted by molar-refractivity contribution is 7.18. The molecule has 0 bridgehead atoms. The molecule has 0 saturated heterocycles. The lowest BCUT2D eigenvalue weighted by atomic mass is 9.89. The fourth-order valence-electron chi connectivity index (χ4n) is 4.27. The first-order chi connectivity index (χ1) is 16.0. The molecule has 1 unspecified atom stereocenters. The summed E-state index contributed by atoms with van der Waals surface area (Å²) in [6.45, 7) is 4.93. The van der Waals surface area contributed by atoms with Crippen LogP contribution in [0.2, 0.25) is 0 Å². The number of aryl methyl sites for hydroxylation is 1. The minimum atomic E-state index is -0.173. The van der Waals surface area contributed by atoms with Gasteiger partial charge in [-0.15, -0.1) is 32.9 Å². The van der Waals surface area contributed by atoms with Gasteiger partial charge in [0.15, 0.2) is 0 Å². The van der Waals surface area contributed by atoms with E-state index in [1.165, 1.54) is 27.1 Å². The van der Waals surface area contributed by atoms with Gasteiger partial charge in [-0.1, -0.05) is 19.9 Å². The van der Waals surface area contributed by atoms with Crippen LogP contribution in [0, 0.1) is 5.92 Å². The van der Waals surface area contributed by atoms with Crippen LogP contribution in [0.25, 0.3) is 21.0 Å². The molecule has 0 spiro atoms. The van der Waals surface area contributed by atoms with Crippen LogP contribution in [-0.4, -0.2) is 37.1 Å². The van der Waals surface area contributed by atoms with Gasteiger partial charge >= 0.3 is 0 Å². The monoisotopic (exact) mass is 483 g/mol. The molecule has 0 N–H and O–H groups in total. The smallest absolute Gasteiger partial charge is 0.262 e. The second-order valence-electron chi connectivity index (χ2n) is 8.50. The van der Waals surface area contributed by atoms with Gasteiger partial charge in [-0.25, -0.2) is 4.98 Å². The molecule has 172 valence electrons. The zero-order valence-corrected chi connectivity index (χ0v) is 20.2. The van der Waals surface area contributed by atoms with E-state index >= 15 is 0 Å². The molecule has 0 radical (unpaired) electrons. The topological polar surface area (TPSA) is 94.1 Å². The van der Waals surface area contributed by atoms with Crippen molar-refractivity contribution >= 4 is 38.8 Å². The van der Waals surface area contributed by atoms with Crippen LogP contribution in [-0.2, 0) is 30.7 Å². The van der Waals surface area contributed by atoms with Crippen LogP contribution in [0.15, 0.2) is 33.1 Å². The third-order valence-corrected chi connectivity index (χ3v) is 7.98. The number of carbonyl (C=O) groups excluding carboxylic acids is 1. The van der Waals surface area contributed by atoms with Gasteiger partial charge in [0.25, 0.3) is 11.4 Å². The zero-order valence-electron chi connectivity index (χ0n) is 18.6. The van der Waals surface area contributed by atoms with Crippen molar-refractivity contribution in [1.29, 1.82) is 0 Å². The van der Waals surface area contributed by atoms with Crippen LogP contribution >= 0.6 is 22.7 Å². The molecule has 0 saturated carbocycles. The summed E-state index contributed by atoms with van der Waals surface area (Å²) >= 11 is 3.13. The highest BCUT2D eigenvalue weighted by atomic mass is 32.1. The largest absolute Gasteiger partial charge is 0.418 e.